The van der Waals surface area contributed by atoms with Crippen LogP contribution in [0.15, 0.2) is 24.3 Å². The van der Waals surface area contributed by atoms with Crippen LogP contribution < -0.4 is 5.32 Å². The second kappa shape index (κ2) is 7.93. The molecule has 1 aromatic rings. The van der Waals surface area contributed by atoms with Gasteiger partial charge < -0.3 is 5.32 Å². The number of nitrogens with zero attached hydrogens (tertiary/aromatic N) is 2. The van der Waals surface area contributed by atoms with Crippen LogP contribution in [0.2, 0.25) is 0 Å². The molecule has 0 spiro atoms. The molecule has 2 heterocycles. The lowest BCUT2D eigenvalue weighted by Gasteiger charge is -2.30. The van der Waals surface area contributed by atoms with Crippen molar-refractivity contribution < 1.29 is 4.79 Å². The Morgan fingerprint density at radius 1 is 1.09 bits per heavy atom. The van der Waals surface area contributed by atoms with Crippen molar-refractivity contribution in [2.24, 2.45) is 5.92 Å². The summed E-state index contributed by atoms with van der Waals surface area (Å²) in [5.41, 5.74) is 2.24. The van der Waals surface area contributed by atoms with E-state index in [1.165, 1.54) is 44.3 Å². The Morgan fingerprint density at radius 3 is 2.48 bits per heavy atom. The summed E-state index contributed by atoms with van der Waals surface area (Å²) in [5.74, 6) is 0.813. The Bertz CT molecular complexity index is 508. The first-order valence-corrected chi connectivity index (χ1v) is 9.02. The minimum absolute atomic E-state index is 0.103. The quantitative estimate of drug-likeness (QED) is 0.907. The molecular weight excluding hydrogens is 286 g/mol. The number of amides is 1. The molecule has 2 saturated heterocycles. The molecule has 4 nitrogen and oxygen atoms in total. The van der Waals surface area contributed by atoms with Gasteiger partial charge in [0.1, 0.15) is 0 Å². The van der Waals surface area contributed by atoms with E-state index in [2.05, 4.69) is 34.2 Å². The lowest BCUT2D eigenvalue weighted by atomic mass is 10.0. The number of anilines is 1. The number of piperidine rings is 1. The number of benzene rings is 1. The van der Waals surface area contributed by atoms with Gasteiger partial charge in [0, 0.05) is 18.8 Å². The van der Waals surface area contributed by atoms with Crippen molar-refractivity contribution in [3.8, 4) is 0 Å². The second-order valence-electron chi connectivity index (χ2n) is 7.21. The molecule has 0 aliphatic carbocycles. The van der Waals surface area contributed by atoms with E-state index in [4.69, 9.17) is 0 Å². The lowest BCUT2D eigenvalue weighted by Crippen LogP contribution is -2.39. The maximum Gasteiger partial charge on any atom is 0.238 e. The summed E-state index contributed by atoms with van der Waals surface area (Å²) in [6.45, 7) is 8.33. The highest BCUT2D eigenvalue weighted by Gasteiger charge is 2.18. The third-order valence-electron chi connectivity index (χ3n) is 4.95. The van der Waals surface area contributed by atoms with E-state index in [1.54, 1.807) is 0 Å². The smallest absolute Gasteiger partial charge is 0.238 e. The molecule has 1 atom stereocenters. The predicted molar refractivity (Wildman–Crippen MR) is 94.4 cm³/mol. The van der Waals surface area contributed by atoms with Crippen molar-refractivity contribution >= 4 is 11.6 Å². The van der Waals surface area contributed by atoms with E-state index in [9.17, 15) is 4.79 Å². The molecule has 0 bridgehead atoms. The van der Waals surface area contributed by atoms with Gasteiger partial charge in [0.2, 0.25) is 5.91 Å². The van der Waals surface area contributed by atoms with E-state index < -0.39 is 0 Å². The largest absolute Gasteiger partial charge is 0.325 e. The first kappa shape index (κ1) is 16.5. The zero-order chi connectivity index (χ0) is 16.1. The number of hydrogen-bond acceptors (Lipinski definition) is 3. The molecule has 3 rings (SSSR count). The van der Waals surface area contributed by atoms with Crippen molar-refractivity contribution in [3.63, 3.8) is 0 Å². The number of carbonyl (C=O) groups is 1. The minimum atomic E-state index is 0.103. The standard InChI is InChI=1S/C19H29N3O/c1-16-5-4-12-22(13-16)15-19(23)20-18-8-6-17(7-9-18)14-21-10-2-3-11-21/h6-9,16H,2-5,10-15H2,1H3,(H,20,23)/t16-/m0/s1. The fourth-order valence-electron chi connectivity index (χ4n) is 3.73. The van der Waals surface area contributed by atoms with Crippen LogP contribution in [0.25, 0.3) is 0 Å². The van der Waals surface area contributed by atoms with Gasteiger partial charge >= 0.3 is 0 Å². The molecule has 1 N–H and O–H groups in total. The van der Waals surface area contributed by atoms with Crippen LogP contribution in [0, 0.1) is 5.92 Å². The van der Waals surface area contributed by atoms with Crippen LogP contribution in [0.1, 0.15) is 38.2 Å². The Morgan fingerprint density at radius 2 is 1.78 bits per heavy atom. The van der Waals surface area contributed by atoms with E-state index >= 15 is 0 Å². The Hall–Kier alpha value is -1.39. The Labute approximate surface area is 139 Å². The van der Waals surface area contributed by atoms with Crippen LogP contribution in [0.3, 0.4) is 0 Å². The third kappa shape index (κ3) is 5.05. The molecule has 4 heteroatoms. The molecule has 1 amide bonds. The van der Waals surface area contributed by atoms with Crippen molar-refractivity contribution in [2.75, 3.05) is 38.0 Å². The van der Waals surface area contributed by atoms with E-state index in [0.29, 0.717) is 12.5 Å². The maximum absolute atomic E-state index is 12.2. The fraction of sp³-hybridized carbons (Fsp3) is 0.632. The average Bonchev–Trinajstić information content (AvgIpc) is 3.02. The average molecular weight is 315 g/mol. The van der Waals surface area contributed by atoms with Gasteiger partial charge in [-0.1, -0.05) is 19.1 Å². The van der Waals surface area contributed by atoms with E-state index in [0.717, 1.165) is 25.3 Å². The molecular formula is C19H29N3O. The molecule has 1 aromatic carbocycles. The molecule has 0 aromatic heterocycles. The summed E-state index contributed by atoms with van der Waals surface area (Å²) >= 11 is 0. The first-order valence-electron chi connectivity index (χ1n) is 9.02. The van der Waals surface area contributed by atoms with Crippen LogP contribution in [-0.2, 0) is 11.3 Å². The van der Waals surface area contributed by atoms with Crippen LogP contribution in [-0.4, -0.2) is 48.4 Å². The highest BCUT2D eigenvalue weighted by molar-refractivity contribution is 5.92. The molecule has 0 unspecified atom stereocenters. The Balaban J connectivity index is 1.46. The zero-order valence-corrected chi connectivity index (χ0v) is 14.3. The van der Waals surface area contributed by atoms with Crippen LogP contribution >= 0.6 is 0 Å². The van der Waals surface area contributed by atoms with Gasteiger partial charge in [-0.15, -0.1) is 0 Å². The van der Waals surface area contributed by atoms with Crippen molar-refractivity contribution in [1.82, 2.24) is 9.80 Å². The lowest BCUT2D eigenvalue weighted by molar-refractivity contribution is -0.117. The summed E-state index contributed by atoms with van der Waals surface area (Å²) < 4.78 is 0. The summed E-state index contributed by atoms with van der Waals surface area (Å²) in [7, 11) is 0. The number of hydrogen-bond donors (Lipinski definition) is 1. The van der Waals surface area contributed by atoms with Gasteiger partial charge in [-0.2, -0.15) is 0 Å². The fourth-order valence-corrected chi connectivity index (χ4v) is 3.73. The van der Waals surface area contributed by atoms with Gasteiger partial charge in [-0.05, 0) is 68.9 Å². The number of nitrogens with one attached hydrogen (secondary N) is 1. The van der Waals surface area contributed by atoms with Gasteiger partial charge in [0.25, 0.3) is 0 Å². The number of carbonyl (C=O) groups excluding carboxylic acids is 1. The highest BCUT2D eigenvalue weighted by atomic mass is 16.2. The van der Waals surface area contributed by atoms with Crippen LogP contribution in [0.4, 0.5) is 5.69 Å². The van der Waals surface area contributed by atoms with Crippen molar-refractivity contribution in [1.29, 1.82) is 0 Å². The maximum atomic E-state index is 12.2. The van der Waals surface area contributed by atoms with E-state index in [1.807, 2.05) is 12.1 Å². The SMILES string of the molecule is C[C@H]1CCCN(CC(=O)Nc2ccc(CN3CCCC3)cc2)C1. The third-order valence-corrected chi connectivity index (χ3v) is 4.95. The summed E-state index contributed by atoms with van der Waals surface area (Å²) in [5, 5.41) is 3.03. The van der Waals surface area contributed by atoms with Crippen molar-refractivity contribution in [3.05, 3.63) is 29.8 Å². The number of likely N-dealkylation sites (tertiary alicyclic amines) is 2. The highest BCUT2D eigenvalue weighted by Crippen LogP contribution is 2.17. The van der Waals surface area contributed by atoms with Gasteiger partial charge in [0.05, 0.1) is 6.54 Å². The monoisotopic (exact) mass is 315 g/mol. The first-order chi connectivity index (χ1) is 11.2. The van der Waals surface area contributed by atoms with E-state index in [-0.39, 0.29) is 5.91 Å². The van der Waals surface area contributed by atoms with Gasteiger partial charge in [-0.3, -0.25) is 14.6 Å². The zero-order valence-electron chi connectivity index (χ0n) is 14.3. The summed E-state index contributed by atoms with van der Waals surface area (Å²) in [4.78, 5) is 17.0. The second-order valence-corrected chi connectivity index (χ2v) is 7.21. The normalized spacial score (nSPS) is 23.1. The van der Waals surface area contributed by atoms with Gasteiger partial charge in [-0.25, -0.2) is 0 Å². The predicted octanol–water partition coefficient (Wildman–Crippen LogP) is 2.95. The molecule has 126 valence electrons. The molecule has 2 fully saturated rings. The summed E-state index contributed by atoms with van der Waals surface area (Å²) in [6.07, 6.45) is 5.14. The molecule has 23 heavy (non-hydrogen) atoms. The molecule has 0 saturated carbocycles. The molecule has 2 aliphatic heterocycles. The Kier molecular flexibility index (Phi) is 5.68. The van der Waals surface area contributed by atoms with Crippen molar-refractivity contribution in [2.45, 2.75) is 39.2 Å². The summed E-state index contributed by atoms with van der Waals surface area (Å²) in [6, 6.07) is 8.33. The topological polar surface area (TPSA) is 35.6 Å². The number of rotatable bonds is 5. The molecule has 2 aliphatic rings. The van der Waals surface area contributed by atoms with Crippen LogP contribution in [0.5, 0.6) is 0 Å². The van der Waals surface area contributed by atoms with Gasteiger partial charge in [0.15, 0.2) is 0 Å². The molecule has 0 radical (unpaired) electrons. The minimum Gasteiger partial charge on any atom is -0.325 e.